The summed E-state index contributed by atoms with van der Waals surface area (Å²) < 4.78 is 13.9. The number of amides is 2. The molecule has 2 atom stereocenters. The highest BCUT2D eigenvalue weighted by Gasteiger charge is 2.42. The average molecular weight is 408 g/mol. The van der Waals surface area contributed by atoms with Gasteiger partial charge in [0, 0.05) is 24.1 Å². The van der Waals surface area contributed by atoms with Crippen molar-refractivity contribution < 1.29 is 38.2 Å². The molecule has 0 saturated heterocycles. The Morgan fingerprint density at radius 3 is 1.93 bits per heavy atom. The van der Waals surface area contributed by atoms with E-state index in [1.165, 1.54) is 26.0 Å². The van der Waals surface area contributed by atoms with E-state index in [0.29, 0.717) is 5.69 Å². The molecule has 0 radical (unpaired) electrons. The Bertz CT molecular complexity index is 776. The SMILES string of the molecule is COC(=O)C(C(=O)OC)[C@H](C)[C@H](NC(=O)c1cccc(NC(C)=O)c1)C(=O)OC. The molecule has 0 aliphatic rings. The molecule has 0 aliphatic heterocycles. The van der Waals surface area contributed by atoms with Crippen LogP contribution in [0.15, 0.2) is 24.3 Å². The molecule has 10 heteroatoms. The van der Waals surface area contributed by atoms with Crippen molar-refractivity contribution in [2.75, 3.05) is 26.6 Å². The number of rotatable bonds is 8. The van der Waals surface area contributed by atoms with Crippen LogP contribution in [0.25, 0.3) is 0 Å². The normalized spacial score (nSPS) is 12.3. The molecule has 29 heavy (non-hydrogen) atoms. The fourth-order valence-corrected chi connectivity index (χ4v) is 2.67. The number of hydrogen-bond acceptors (Lipinski definition) is 8. The maximum absolute atomic E-state index is 12.7. The highest BCUT2D eigenvalue weighted by Crippen LogP contribution is 2.21. The Balaban J connectivity index is 3.17. The summed E-state index contributed by atoms with van der Waals surface area (Å²) >= 11 is 0. The number of hydrogen-bond donors (Lipinski definition) is 2. The molecule has 2 amide bonds. The van der Waals surface area contributed by atoms with Crippen molar-refractivity contribution in [2.24, 2.45) is 11.8 Å². The minimum Gasteiger partial charge on any atom is -0.468 e. The van der Waals surface area contributed by atoms with E-state index in [0.717, 1.165) is 21.3 Å². The van der Waals surface area contributed by atoms with Gasteiger partial charge in [-0.3, -0.25) is 19.2 Å². The molecule has 158 valence electrons. The Hall–Kier alpha value is -3.43. The van der Waals surface area contributed by atoms with Gasteiger partial charge in [0.25, 0.3) is 5.91 Å². The fraction of sp³-hybridized carbons (Fsp3) is 0.421. The van der Waals surface area contributed by atoms with Gasteiger partial charge in [0.15, 0.2) is 5.92 Å². The van der Waals surface area contributed by atoms with E-state index >= 15 is 0 Å². The van der Waals surface area contributed by atoms with Gasteiger partial charge in [-0.05, 0) is 18.2 Å². The molecular weight excluding hydrogens is 384 g/mol. The maximum Gasteiger partial charge on any atom is 0.328 e. The van der Waals surface area contributed by atoms with Crippen molar-refractivity contribution in [1.82, 2.24) is 5.32 Å². The molecular formula is C19H24N2O8. The van der Waals surface area contributed by atoms with Gasteiger partial charge in [0.05, 0.1) is 21.3 Å². The van der Waals surface area contributed by atoms with E-state index in [9.17, 15) is 24.0 Å². The van der Waals surface area contributed by atoms with E-state index in [1.54, 1.807) is 12.1 Å². The lowest BCUT2D eigenvalue weighted by atomic mass is 9.87. The number of carbonyl (C=O) groups excluding carboxylic acids is 5. The smallest absolute Gasteiger partial charge is 0.328 e. The summed E-state index contributed by atoms with van der Waals surface area (Å²) in [5.74, 6) is -6.18. The van der Waals surface area contributed by atoms with Gasteiger partial charge in [0.1, 0.15) is 6.04 Å². The van der Waals surface area contributed by atoms with Gasteiger partial charge < -0.3 is 24.8 Å². The predicted molar refractivity (Wildman–Crippen MR) is 101 cm³/mol. The zero-order valence-corrected chi connectivity index (χ0v) is 16.8. The number of carbonyl (C=O) groups is 5. The number of esters is 3. The predicted octanol–water partition coefficient (Wildman–Crippen LogP) is 0.515. The van der Waals surface area contributed by atoms with Gasteiger partial charge in [0.2, 0.25) is 5.91 Å². The first kappa shape index (κ1) is 23.6. The molecule has 0 aromatic heterocycles. The van der Waals surface area contributed by atoms with Crippen molar-refractivity contribution in [2.45, 2.75) is 19.9 Å². The molecule has 0 fully saturated rings. The number of benzene rings is 1. The molecule has 1 rings (SSSR count). The van der Waals surface area contributed by atoms with E-state index in [1.807, 2.05) is 0 Å². The summed E-state index contributed by atoms with van der Waals surface area (Å²) in [6, 6.07) is 4.66. The van der Waals surface area contributed by atoms with Crippen molar-refractivity contribution in [3.05, 3.63) is 29.8 Å². The number of anilines is 1. The van der Waals surface area contributed by atoms with Crippen LogP contribution in [0.3, 0.4) is 0 Å². The molecule has 0 heterocycles. The third-order valence-electron chi connectivity index (χ3n) is 4.15. The lowest BCUT2D eigenvalue weighted by Gasteiger charge is -2.27. The third-order valence-corrected chi connectivity index (χ3v) is 4.15. The fourth-order valence-electron chi connectivity index (χ4n) is 2.67. The maximum atomic E-state index is 12.7. The minimum absolute atomic E-state index is 0.144. The van der Waals surface area contributed by atoms with E-state index < -0.39 is 41.7 Å². The molecule has 2 N–H and O–H groups in total. The number of methoxy groups -OCH3 is 3. The zero-order chi connectivity index (χ0) is 22.1. The molecule has 0 saturated carbocycles. The van der Waals surface area contributed by atoms with Crippen molar-refractivity contribution in [1.29, 1.82) is 0 Å². The van der Waals surface area contributed by atoms with E-state index in [-0.39, 0.29) is 11.5 Å². The second-order valence-electron chi connectivity index (χ2n) is 6.12. The Kier molecular flexibility index (Phi) is 8.78. The summed E-state index contributed by atoms with van der Waals surface area (Å²) in [4.78, 5) is 60.2. The van der Waals surface area contributed by atoms with Crippen LogP contribution in [-0.4, -0.2) is 57.1 Å². The van der Waals surface area contributed by atoms with Crippen LogP contribution >= 0.6 is 0 Å². The summed E-state index contributed by atoms with van der Waals surface area (Å²) in [5.41, 5.74) is 0.528. The van der Waals surface area contributed by atoms with Gasteiger partial charge in [-0.1, -0.05) is 13.0 Å². The standard InChI is InChI=1S/C19H24N2O8/c1-10(14(17(24)27-3)18(25)28-4)15(19(26)29-5)21-16(23)12-7-6-8-13(9-12)20-11(2)22/h6-10,14-15H,1-5H3,(H,20,22)(H,21,23)/t10-,15-/m0/s1. The first-order valence-corrected chi connectivity index (χ1v) is 8.58. The Morgan fingerprint density at radius 1 is 0.897 bits per heavy atom. The highest BCUT2D eigenvalue weighted by atomic mass is 16.5. The lowest BCUT2D eigenvalue weighted by Crippen LogP contribution is -2.51. The van der Waals surface area contributed by atoms with E-state index in [2.05, 4.69) is 20.1 Å². The number of ether oxygens (including phenoxy) is 3. The highest BCUT2D eigenvalue weighted by molar-refractivity contribution is 6.00. The van der Waals surface area contributed by atoms with Crippen LogP contribution in [-0.2, 0) is 33.4 Å². The first-order valence-electron chi connectivity index (χ1n) is 8.58. The average Bonchev–Trinajstić information content (AvgIpc) is 2.70. The van der Waals surface area contributed by atoms with Crippen LogP contribution in [0, 0.1) is 11.8 Å². The molecule has 10 nitrogen and oxygen atoms in total. The molecule has 0 aliphatic carbocycles. The number of nitrogens with one attached hydrogen (secondary N) is 2. The van der Waals surface area contributed by atoms with Crippen LogP contribution in [0.5, 0.6) is 0 Å². The second kappa shape index (κ2) is 10.8. The van der Waals surface area contributed by atoms with Crippen molar-refractivity contribution in [3.8, 4) is 0 Å². The van der Waals surface area contributed by atoms with Crippen LogP contribution in [0.1, 0.15) is 24.2 Å². The molecule has 1 aromatic carbocycles. The third kappa shape index (κ3) is 6.30. The van der Waals surface area contributed by atoms with Gasteiger partial charge in [-0.2, -0.15) is 0 Å². The van der Waals surface area contributed by atoms with Gasteiger partial charge in [-0.25, -0.2) is 4.79 Å². The molecule has 0 spiro atoms. The van der Waals surface area contributed by atoms with Crippen LogP contribution in [0.4, 0.5) is 5.69 Å². The van der Waals surface area contributed by atoms with Crippen LogP contribution in [0.2, 0.25) is 0 Å². The summed E-state index contributed by atoms with van der Waals surface area (Å²) in [5, 5.41) is 5.00. The molecule has 0 unspecified atom stereocenters. The van der Waals surface area contributed by atoms with Crippen LogP contribution < -0.4 is 10.6 Å². The zero-order valence-electron chi connectivity index (χ0n) is 16.8. The molecule has 1 aromatic rings. The first-order chi connectivity index (χ1) is 13.7. The summed E-state index contributed by atoms with van der Waals surface area (Å²) in [6.45, 7) is 2.73. The topological polar surface area (TPSA) is 137 Å². The summed E-state index contributed by atoms with van der Waals surface area (Å²) in [6.07, 6.45) is 0. The van der Waals surface area contributed by atoms with Gasteiger partial charge >= 0.3 is 17.9 Å². The molecule has 0 bridgehead atoms. The monoisotopic (exact) mass is 408 g/mol. The summed E-state index contributed by atoms with van der Waals surface area (Å²) in [7, 11) is 3.28. The largest absolute Gasteiger partial charge is 0.468 e. The Labute approximate surface area is 167 Å². The minimum atomic E-state index is -1.46. The van der Waals surface area contributed by atoms with Gasteiger partial charge in [-0.15, -0.1) is 0 Å². The van der Waals surface area contributed by atoms with Crippen molar-refractivity contribution in [3.63, 3.8) is 0 Å². The lowest BCUT2D eigenvalue weighted by molar-refractivity contribution is -0.163. The quantitative estimate of drug-likeness (QED) is 0.361. The Morgan fingerprint density at radius 2 is 1.45 bits per heavy atom. The second-order valence-corrected chi connectivity index (χ2v) is 6.12. The van der Waals surface area contributed by atoms with Crippen molar-refractivity contribution >= 4 is 35.4 Å². The van der Waals surface area contributed by atoms with E-state index in [4.69, 9.17) is 4.74 Å².